The number of rotatable bonds is 5. The lowest BCUT2D eigenvalue weighted by atomic mass is 9.84. The van der Waals surface area contributed by atoms with E-state index in [0.29, 0.717) is 13.1 Å². The highest BCUT2D eigenvalue weighted by atomic mass is 35.5. The van der Waals surface area contributed by atoms with Gasteiger partial charge in [0.2, 0.25) is 5.91 Å². The summed E-state index contributed by atoms with van der Waals surface area (Å²) in [6, 6.07) is 15.5. The maximum atomic E-state index is 13.6. The summed E-state index contributed by atoms with van der Waals surface area (Å²) < 4.78 is 28.4. The number of hydrogen-bond donors (Lipinski definition) is 1. The molecule has 2 aromatic rings. The molecular formula is C29H31ClN2O4S. The Morgan fingerprint density at radius 2 is 1.86 bits per heavy atom. The van der Waals surface area contributed by atoms with E-state index in [1.807, 2.05) is 47.5 Å². The largest absolute Gasteiger partial charge is 0.380 e. The molecule has 1 fully saturated rings. The molecule has 0 spiro atoms. The van der Waals surface area contributed by atoms with Gasteiger partial charge in [0.05, 0.1) is 24.8 Å². The number of halogens is 1. The Kier molecular flexibility index (Phi) is 7.56. The Morgan fingerprint density at radius 1 is 1.11 bits per heavy atom. The number of carbonyl (C=O) groups excluding carboxylic acids is 1. The second-order valence-corrected chi connectivity index (χ2v) is 11.9. The minimum atomic E-state index is -3.67. The lowest BCUT2D eigenvalue weighted by Crippen LogP contribution is -2.41. The van der Waals surface area contributed by atoms with Crippen LogP contribution in [0.2, 0.25) is 5.02 Å². The molecule has 1 amide bonds. The second kappa shape index (κ2) is 10.9. The van der Waals surface area contributed by atoms with E-state index in [4.69, 9.17) is 15.8 Å². The van der Waals surface area contributed by atoms with Crippen LogP contribution < -0.4 is 5.32 Å². The maximum Gasteiger partial charge on any atom is 0.264 e. The number of piperidine rings is 1. The third-order valence-corrected chi connectivity index (χ3v) is 8.18. The van der Waals surface area contributed by atoms with Crippen LogP contribution in [0.25, 0.3) is 5.57 Å². The summed E-state index contributed by atoms with van der Waals surface area (Å²) in [4.78, 5) is 15.5. The van der Waals surface area contributed by atoms with Crippen LogP contribution in [0, 0.1) is 0 Å². The van der Waals surface area contributed by atoms with Crippen molar-refractivity contribution in [3.63, 3.8) is 0 Å². The Balaban J connectivity index is 1.41. The van der Waals surface area contributed by atoms with E-state index in [9.17, 15) is 13.2 Å². The molecule has 6 nitrogen and oxygen atoms in total. The van der Waals surface area contributed by atoms with Crippen LogP contribution in [0.3, 0.4) is 0 Å². The fraction of sp³-hybridized carbons (Fsp3) is 0.345. The molecule has 0 aromatic heterocycles. The molecule has 1 saturated heterocycles. The molecule has 0 bridgehead atoms. The number of hydrogen-bond acceptors (Lipinski definition) is 5. The fourth-order valence-corrected chi connectivity index (χ4v) is 6.14. The molecule has 1 N–H and O–H groups in total. The van der Waals surface area contributed by atoms with Crippen LogP contribution >= 0.6 is 11.6 Å². The van der Waals surface area contributed by atoms with Crippen LogP contribution in [-0.4, -0.2) is 51.2 Å². The van der Waals surface area contributed by atoms with Crippen LogP contribution in [0.5, 0.6) is 0 Å². The molecule has 2 heterocycles. The van der Waals surface area contributed by atoms with Gasteiger partial charge < -0.3 is 10.2 Å². The first-order valence-electron chi connectivity index (χ1n) is 12.6. The molecule has 3 aliphatic rings. The fourth-order valence-electron chi connectivity index (χ4n) is 5.56. The van der Waals surface area contributed by atoms with Gasteiger partial charge in [0.1, 0.15) is 0 Å². The van der Waals surface area contributed by atoms with E-state index >= 15 is 0 Å². The van der Waals surface area contributed by atoms with Gasteiger partial charge in [-0.25, -0.2) is 0 Å². The van der Waals surface area contributed by atoms with Crippen molar-refractivity contribution in [1.82, 2.24) is 10.2 Å². The summed E-state index contributed by atoms with van der Waals surface area (Å²) >= 11 is 6.35. The van der Waals surface area contributed by atoms with E-state index in [2.05, 4.69) is 29.6 Å². The molecule has 0 saturated carbocycles. The Bertz CT molecular complexity index is 1370. The third kappa shape index (κ3) is 5.84. The summed E-state index contributed by atoms with van der Waals surface area (Å²) in [6.45, 7) is 0.946. The van der Waals surface area contributed by atoms with Crippen molar-refractivity contribution in [2.45, 2.75) is 37.6 Å². The summed E-state index contributed by atoms with van der Waals surface area (Å²) in [5, 5.41) is 4.32. The molecule has 8 heteroatoms. The van der Waals surface area contributed by atoms with Crippen molar-refractivity contribution in [2.24, 2.45) is 0 Å². The minimum Gasteiger partial charge on any atom is -0.380 e. The molecule has 5 rings (SSSR count). The smallest absolute Gasteiger partial charge is 0.264 e. The first-order valence-corrected chi connectivity index (χ1v) is 14.8. The molecule has 1 aliphatic carbocycles. The standard InChI is InChI=1S/C29H31ClN2O4S/c1-37(34,35)36-19-26(20-6-3-2-4-7-20)29(33)32-16-13-21(14-17-32)27-25-12-11-24(30)18-23(25)10-9-22-8-5-15-31-28(22)27/h2-8,11-12,15,18,26,28,31H,9-10,13-14,16-17,19H2,1H3. The van der Waals surface area contributed by atoms with Crippen LogP contribution in [0.15, 0.2) is 78.0 Å². The summed E-state index contributed by atoms with van der Waals surface area (Å²) in [6.07, 6.45) is 10.7. The van der Waals surface area contributed by atoms with E-state index in [0.717, 1.165) is 42.5 Å². The van der Waals surface area contributed by atoms with Gasteiger partial charge in [0.25, 0.3) is 10.1 Å². The lowest BCUT2D eigenvalue weighted by Gasteiger charge is -2.35. The van der Waals surface area contributed by atoms with Gasteiger partial charge in [-0.2, -0.15) is 8.42 Å². The lowest BCUT2D eigenvalue weighted by molar-refractivity contribution is -0.133. The van der Waals surface area contributed by atoms with Crippen molar-refractivity contribution in [3.8, 4) is 0 Å². The number of benzene rings is 2. The predicted molar refractivity (Wildman–Crippen MR) is 147 cm³/mol. The molecule has 194 valence electrons. The summed E-state index contributed by atoms with van der Waals surface area (Å²) in [7, 11) is -3.67. The first-order chi connectivity index (χ1) is 17.8. The molecule has 2 aliphatic heterocycles. The molecular weight excluding hydrogens is 508 g/mol. The minimum absolute atomic E-state index is 0.105. The normalized spacial score (nSPS) is 20.3. The predicted octanol–water partition coefficient (Wildman–Crippen LogP) is 4.83. The number of nitrogens with one attached hydrogen (secondary N) is 1. The van der Waals surface area contributed by atoms with E-state index < -0.39 is 16.0 Å². The quantitative estimate of drug-likeness (QED) is 0.552. The molecule has 2 unspecified atom stereocenters. The second-order valence-electron chi connectivity index (χ2n) is 9.80. The number of amides is 1. The molecule has 2 aromatic carbocycles. The number of dihydropyridines is 1. The number of aryl methyl sites for hydroxylation is 1. The maximum absolute atomic E-state index is 13.6. The number of allylic oxidation sites excluding steroid dienone is 2. The topological polar surface area (TPSA) is 75.7 Å². The van der Waals surface area contributed by atoms with Gasteiger partial charge in [-0.3, -0.25) is 8.98 Å². The van der Waals surface area contributed by atoms with Gasteiger partial charge in [-0.05, 0) is 77.9 Å². The third-order valence-electron chi connectivity index (χ3n) is 7.38. The zero-order chi connectivity index (χ0) is 26.0. The van der Waals surface area contributed by atoms with Gasteiger partial charge in [0.15, 0.2) is 0 Å². The Labute approximate surface area is 223 Å². The molecule has 0 radical (unpaired) electrons. The monoisotopic (exact) mass is 538 g/mol. The van der Waals surface area contributed by atoms with E-state index in [-0.39, 0.29) is 18.6 Å². The average molecular weight is 539 g/mol. The van der Waals surface area contributed by atoms with Crippen LogP contribution in [0.4, 0.5) is 0 Å². The Morgan fingerprint density at radius 3 is 2.59 bits per heavy atom. The highest BCUT2D eigenvalue weighted by Gasteiger charge is 2.33. The Hall–Kier alpha value is -2.87. The van der Waals surface area contributed by atoms with Gasteiger partial charge in [-0.15, -0.1) is 0 Å². The van der Waals surface area contributed by atoms with Crippen molar-refractivity contribution in [2.75, 3.05) is 26.0 Å². The number of likely N-dealkylation sites (tertiary alicyclic amines) is 1. The van der Waals surface area contributed by atoms with Gasteiger partial charge in [0, 0.05) is 18.1 Å². The van der Waals surface area contributed by atoms with Gasteiger partial charge >= 0.3 is 0 Å². The number of fused-ring (bicyclic) bond motifs is 2. The number of carbonyl (C=O) groups is 1. The molecule has 37 heavy (non-hydrogen) atoms. The zero-order valence-electron chi connectivity index (χ0n) is 20.8. The highest BCUT2D eigenvalue weighted by molar-refractivity contribution is 7.85. The molecule has 2 atom stereocenters. The SMILES string of the molecule is CS(=O)(=O)OCC(C(=O)N1CCC(=C2c3ccc(Cl)cc3CCC3=CC=CNC32)CC1)c1ccccc1. The van der Waals surface area contributed by atoms with Gasteiger partial charge in [-0.1, -0.05) is 59.6 Å². The van der Waals surface area contributed by atoms with Crippen molar-refractivity contribution >= 4 is 33.2 Å². The zero-order valence-corrected chi connectivity index (χ0v) is 22.4. The average Bonchev–Trinajstić information content (AvgIpc) is 3.05. The van der Waals surface area contributed by atoms with E-state index in [1.165, 1.54) is 27.8 Å². The van der Waals surface area contributed by atoms with Crippen LogP contribution in [-0.2, 0) is 25.5 Å². The van der Waals surface area contributed by atoms with Crippen molar-refractivity contribution in [3.05, 3.63) is 99.7 Å². The van der Waals surface area contributed by atoms with E-state index in [1.54, 1.807) is 0 Å². The highest BCUT2D eigenvalue weighted by Crippen LogP contribution is 2.40. The summed E-state index contributed by atoms with van der Waals surface area (Å²) in [5.41, 5.74) is 7.25. The first kappa shape index (κ1) is 25.8. The van der Waals surface area contributed by atoms with Crippen molar-refractivity contribution < 1.29 is 17.4 Å². The summed E-state index contributed by atoms with van der Waals surface area (Å²) in [5.74, 6) is -0.781. The van der Waals surface area contributed by atoms with Crippen molar-refractivity contribution in [1.29, 1.82) is 0 Å². The van der Waals surface area contributed by atoms with Crippen LogP contribution in [0.1, 0.15) is 41.9 Å². The number of nitrogens with zero attached hydrogens (tertiary/aromatic N) is 1.